The molecule has 0 aromatic carbocycles. The van der Waals surface area contributed by atoms with Gasteiger partial charge in [0.05, 0.1) is 13.2 Å². The van der Waals surface area contributed by atoms with Gasteiger partial charge in [0.2, 0.25) is 0 Å². The molecule has 0 saturated heterocycles. The molecule has 4 heteroatoms. The van der Waals surface area contributed by atoms with Crippen LogP contribution in [0.25, 0.3) is 0 Å². The zero-order valence-corrected chi connectivity index (χ0v) is 24.2. The first kappa shape index (κ1) is 35.4. The molecule has 0 aromatic heterocycles. The number of carbonyl (C=O) groups excluding carboxylic acids is 1. The Kier molecular flexibility index (Phi) is 29.2. The Morgan fingerprint density at radius 2 is 1.19 bits per heavy atom. The Hall–Kier alpha value is -1.65. The number of unbranched alkanes of at least 4 members (excludes halogenated alkanes) is 11. The molecule has 1 N–H and O–H groups in total. The molecule has 37 heavy (non-hydrogen) atoms. The van der Waals surface area contributed by atoms with E-state index < -0.39 is 6.10 Å². The number of esters is 1. The van der Waals surface area contributed by atoms with Crippen molar-refractivity contribution in [1.29, 1.82) is 0 Å². The normalized spacial score (nSPS) is 13.1. The van der Waals surface area contributed by atoms with Crippen molar-refractivity contribution < 1.29 is 19.4 Å². The van der Waals surface area contributed by atoms with Crippen LogP contribution in [0, 0.1) is 0 Å². The van der Waals surface area contributed by atoms with E-state index in [4.69, 9.17) is 9.47 Å². The lowest BCUT2D eigenvalue weighted by Crippen LogP contribution is -2.27. The van der Waals surface area contributed by atoms with Gasteiger partial charge in [-0.2, -0.15) is 0 Å². The minimum atomic E-state index is -0.558. The Labute approximate surface area is 229 Å². The molecule has 4 nitrogen and oxygen atoms in total. The second kappa shape index (κ2) is 30.6. The second-order valence-corrected chi connectivity index (χ2v) is 9.80. The molecule has 0 spiro atoms. The number of carbonyl (C=O) groups is 1. The summed E-state index contributed by atoms with van der Waals surface area (Å²) < 4.78 is 11.0. The average molecular weight is 519 g/mol. The minimum Gasteiger partial charge on any atom is -0.457 e. The third-order valence-corrected chi connectivity index (χ3v) is 6.17. The first-order valence-electron chi connectivity index (χ1n) is 15.2. The Balaban J connectivity index is 3.58. The van der Waals surface area contributed by atoms with Gasteiger partial charge in [-0.05, 0) is 44.9 Å². The zero-order valence-electron chi connectivity index (χ0n) is 24.2. The molecule has 1 atom stereocenters. The fourth-order valence-corrected chi connectivity index (χ4v) is 3.92. The number of hydrogen-bond acceptors (Lipinski definition) is 4. The predicted octanol–water partition coefficient (Wildman–Crippen LogP) is 9.19. The quantitative estimate of drug-likeness (QED) is 0.0669. The fraction of sp³-hybridized carbons (Fsp3) is 0.727. The van der Waals surface area contributed by atoms with Gasteiger partial charge < -0.3 is 14.6 Å². The number of allylic oxidation sites excluding steroid dienone is 8. The fourth-order valence-electron chi connectivity index (χ4n) is 3.92. The first-order valence-corrected chi connectivity index (χ1v) is 15.2. The summed E-state index contributed by atoms with van der Waals surface area (Å²) in [6.07, 6.45) is 37.2. The summed E-state index contributed by atoms with van der Waals surface area (Å²) in [5, 5.41) is 9.48. The highest BCUT2D eigenvalue weighted by molar-refractivity contribution is 5.69. The standard InChI is InChI=1S/C33H58O4/c1-3-5-7-9-11-13-15-16-17-19-21-23-25-27-29-36-31-32(30-34)37-33(35)28-26-24-22-20-18-14-12-10-8-6-4-2/h5,7,11,13,16-17,21,23,32,34H,3-4,6,8-10,12,14-15,18-20,22,24-31H2,1-2H3/b7-5-,13-11-,17-16-,23-21-. The van der Waals surface area contributed by atoms with Crippen molar-refractivity contribution in [3.05, 3.63) is 48.6 Å². The van der Waals surface area contributed by atoms with Crippen LogP contribution in [0.5, 0.6) is 0 Å². The summed E-state index contributed by atoms with van der Waals surface area (Å²) in [6, 6.07) is 0. The number of hydrogen-bond donors (Lipinski definition) is 1. The number of aliphatic hydroxyl groups is 1. The summed E-state index contributed by atoms with van der Waals surface area (Å²) in [5.41, 5.74) is 0. The molecule has 0 fully saturated rings. The molecule has 0 rings (SSSR count). The SMILES string of the molecule is CC/C=C\C/C=C\C/C=C\C/C=C\CCCOCC(CO)OC(=O)CCCCCCCCCCCCC. The van der Waals surface area contributed by atoms with E-state index in [1.54, 1.807) is 0 Å². The maximum atomic E-state index is 12.0. The highest BCUT2D eigenvalue weighted by Gasteiger charge is 2.13. The summed E-state index contributed by atoms with van der Waals surface area (Å²) in [6.45, 7) is 5.07. The van der Waals surface area contributed by atoms with E-state index in [9.17, 15) is 9.90 Å². The third kappa shape index (κ3) is 28.8. The summed E-state index contributed by atoms with van der Waals surface area (Å²) in [7, 11) is 0. The summed E-state index contributed by atoms with van der Waals surface area (Å²) >= 11 is 0. The molecule has 0 saturated carbocycles. The summed E-state index contributed by atoms with van der Waals surface area (Å²) in [4.78, 5) is 12.0. The van der Waals surface area contributed by atoms with Crippen LogP contribution in [0.2, 0.25) is 0 Å². The van der Waals surface area contributed by atoms with Gasteiger partial charge in [0, 0.05) is 13.0 Å². The maximum absolute atomic E-state index is 12.0. The van der Waals surface area contributed by atoms with Gasteiger partial charge >= 0.3 is 5.97 Å². The van der Waals surface area contributed by atoms with Gasteiger partial charge in [-0.25, -0.2) is 0 Å². The summed E-state index contributed by atoms with van der Waals surface area (Å²) in [5.74, 6) is -0.224. The molecule has 214 valence electrons. The molecule has 0 aromatic rings. The van der Waals surface area contributed by atoms with Crippen LogP contribution >= 0.6 is 0 Å². The minimum absolute atomic E-state index is 0.194. The predicted molar refractivity (Wildman–Crippen MR) is 159 cm³/mol. The Bertz CT molecular complexity index is 591. The van der Waals surface area contributed by atoms with E-state index >= 15 is 0 Å². The smallest absolute Gasteiger partial charge is 0.306 e. The zero-order chi connectivity index (χ0) is 27.1. The largest absolute Gasteiger partial charge is 0.457 e. The molecule has 0 radical (unpaired) electrons. The van der Waals surface area contributed by atoms with Gasteiger partial charge in [-0.3, -0.25) is 4.79 Å². The third-order valence-electron chi connectivity index (χ3n) is 6.17. The monoisotopic (exact) mass is 518 g/mol. The molecule has 0 bridgehead atoms. The highest BCUT2D eigenvalue weighted by Crippen LogP contribution is 2.12. The van der Waals surface area contributed by atoms with Gasteiger partial charge in [-0.1, -0.05) is 127 Å². The van der Waals surface area contributed by atoms with E-state index in [0.29, 0.717) is 13.0 Å². The molecule has 0 heterocycles. The number of aliphatic hydroxyl groups excluding tert-OH is 1. The number of rotatable bonds is 27. The van der Waals surface area contributed by atoms with Crippen molar-refractivity contribution >= 4 is 5.97 Å². The highest BCUT2D eigenvalue weighted by atomic mass is 16.6. The van der Waals surface area contributed by atoms with Crippen molar-refractivity contribution in [2.24, 2.45) is 0 Å². The number of ether oxygens (including phenoxy) is 2. The van der Waals surface area contributed by atoms with Crippen LogP contribution < -0.4 is 0 Å². The lowest BCUT2D eigenvalue weighted by Gasteiger charge is -2.15. The van der Waals surface area contributed by atoms with Crippen molar-refractivity contribution in [3.63, 3.8) is 0 Å². The maximum Gasteiger partial charge on any atom is 0.306 e. The van der Waals surface area contributed by atoms with Crippen LogP contribution in [0.1, 0.15) is 129 Å². The van der Waals surface area contributed by atoms with E-state index in [2.05, 4.69) is 62.5 Å². The van der Waals surface area contributed by atoms with Crippen LogP contribution in [0.15, 0.2) is 48.6 Å². The van der Waals surface area contributed by atoms with Crippen LogP contribution in [-0.2, 0) is 14.3 Å². The lowest BCUT2D eigenvalue weighted by atomic mass is 10.1. The molecule has 0 aliphatic rings. The van der Waals surface area contributed by atoms with Crippen molar-refractivity contribution in [2.45, 2.75) is 136 Å². The Morgan fingerprint density at radius 1 is 0.676 bits per heavy atom. The van der Waals surface area contributed by atoms with Crippen LogP contribution in [0.3, 0.4) is 0 Å². The van der Waals surface area contributed by atoms with Gasteiger partial charge in [0.15, 0.2) is 0 Å². The topological polar surface area (TPSA) is 55.8 Å². The van der Waals surface area contributed by atoms with Crippen molar-refractivity contribution in [2.75, 3.05) is 19.8 Å². The first-order chi connectivity index (χ1) is 18.2. The molecule has 0 aliphatic carbocycles. The lowest BCUT2D eigenvalue weighted by molar-refractivity contribution is -0.154. The molecule has 0 amide bonds. The molecule has 1 unspecified atom stereocenters. The molecular formula is C33H58O4. The van der Waals surface area contributed by atoms with E-state index in [0.717, 1.165) is 51.4 Å². The van der Waals surface area contributed by atoms with Crippen molar-refractivity contribution in [1.82, 2.24) is 0 Å². The molecular weight excluding hydrogens is 460 g/mol. The Morgan fingerprint density at radius 3 is 1.73 bits per heavy atom. The van der Waals surface area contributed by atoms with Crippen LogP contribution in [-0.4, -0.2) is 37.0 Å². The molecule has 0 aliphatic heterocycles. The van der Waals surface area contributed by atoms with Crippen molar-refractivity contribution in [3.8, 4) is 0 Å². The van der Waals surface area contributed by atoms with Gasteiger partial charge in [0.1, 0.15) is 6.10 Å². The second-order valence-electron chi connectivity index (χ2n) is 9.80. The van der Waals surface area contributed by atoms with Gasteiger partial charge in [-0.15, -0.1) is 0 Å². The van der Waals surface area contributed by atoms with E-state index in [-0.39, 0.29) is 19.2 Å². The van der Waals surface area contributed by atoms with Crippen LogP contribution in [0.4, 0.5) is 0 Å². The average Bonchev–Trinajstić information content (AvgIpc) is 2.90. The van der Waals surface area contributed by atoms with E-state index in [1.807, 2.05) is 0 Å². The van der Waals surface area contributed by atoms with Gasteiger partial charge in [0.25, 0.3) is 0 Å². The van der Waals surface area contributed by atoms with E-state index in [1.165, 1.54) is 57.8 Å².